The van der Waals surface area contributed by atoms with Crippen LogP contribution in [-0.4, -0.2) is 18.0 Å². The molecule has 22 heavy (non-hydrogen) atoms. The smallest absolute Gasteiger partial charge is 0.171 e. The van der Waals surface area contributed by atoms with Gasteiger partial charge in [-0.2, -0.15) is 0 Å². The number of hydrogen-bond acceptors (Lipinski definition) is 2. The first kappa shape index (κ1) is 15.4. The highest BCUT2D eigenvalue weighted by molar-refractivity contribution is 5.13. The Morgan fingerprint density at radius 3 is 2.36 bits per heavy atom. The molecular weight excluding hydrogens is 272 g/mol. The Morgan fingerprint density at radius 2 is 1.68 bits per heavy atom. The topological polar surface area (TPSA) is 18.5 Å². The van der Waals surface area contributed by atoms with Crippen molar-refractivity contribution in [2.24, 2.45) is 28.6 Å². The molecule has 6 atom stereocenters. The van der Waals surface area contributed by atoms with Gasteiger partial charge >= 0.3 is 0 Å². The van der Waals surface area contributed by atoms with Gasteiger partial charge in [-0.25, -0.2) is 0 Å². The van der Waals surface area contributed by atoms with Crippen molar-refractivity contribution in [3.05, 3.63) is 0 Å². The Hall–Kier alpha value is -0.0800. The highest BCUT2D eigenvalue weighted by atomic mass is 16.7. The molecule has 0 bridgehead atoms. The first-order chi connectivity index (χ1) is 10.2. The molecule has 4 rings (SSSR count). The van der Waals surface area contributed by atoms with E-state index in [9.17, 15) is 0 Å². The molecule has 0 aromatic carbocycles. The predicted molar refractivity (Wildman–Crippen MR) is 88.5 cm³/mol. The molecule has 0 aromatic heterocycles. The van der Waals surface area contributed by atoms with Crippen molar-refractivity contribution in [2.45, 2.75) is 91.0 Å². The van der Waals surface area contributed by atoms with Gasteiger partial charge in [-0.3, -0.25) is 0 Å². The molecule has 0 unspecified atom stereocenters. The largest absolute Gasteiger partial charge is 0.350 e. The first-order valence-corrected chi connectivity index (χ1v) is 9.56. The third kappa shape index (κ3) is 1.86. The van der Waals surface area contributed by atoms with Crippen molar-refractivity contribution >= 4 is 0 Å². The highest BCUT2D eigenvalue weighted by Crippen LogP contribution is 2.68. The standard InChI is InChI=1S/C20H34O2/c1-14-8-12-21-20(14)13-16-18(4)10-6-9-17(2,3)15(18)7-11-19(16,5)22-20/h14-16H,6-13H2,1-5H3/t14-,15+,16-,18+,19-,20-/m1/s1. The summed E-state index contributed by atoms with van der Waals surface area (Å²) in [5.41, 5.74) is 0.966. The summed E-state index contributed by atoms with van der Waals surface area (Å²) in [4.78, 5) is 0. The van der Waals surface area contributed by atoms with Crippen molar-refractivity contribution < 1.29 is 9.47 Å². The summed E-state index contributed by atoms with van der Waals surface area (Å²) in [5, 5.41) is 0. The van der Waals surface area contributed by atoms with Crippen LogP contribution in [-0.2, 0) is 9.47 Å². The SMILES string of the molecule is C[C@@H]1CCO[C@@]12C[C@@H]1[C@@]3(C)CCCC(C)(C)[C@@H]3CC[C@@]1(C)O2. The van der Waals surface area contributed by atoms with E-state index in [-0.39, 0.29) is 11.4 Å². The summed E-state index contributed by atoms with van der Waals surface area (Å²) >= 11 is 0. The third-order valence-corrected chi connectivity index (χ3v) is 8.28. The summed E-state index contributed by atoms with van der Waals surface area (Å²) in [6, 6.07) is 0. The molecule has 2 aliphatic carbocycles. The van der Waals surface area contributed by atoms with Crippen LogP contribution in [0.1, 0.15) is 79.6 Å². The summed E-state index contributed by atoms with van der Waals surface area (Å²) in [6.07, 6.45) is 9.02. The Labute approximate surface area is 136 Å². The van der Waals surface area contributed by atoms with Crippen molar-refractivity contribution in [3.63, 3.8) is 0 Å². The predicted octanol–water partition coefficient (Wildman–Crippen LogP) is 5.16. The lowest BCUT2D eigenvalue weighted by Gasteiger charge is -2.60. The molecule has 126 valence electrons. The second kappa shape index (κ2) is 4.51. The molecule has 0 amide bonds. The van der Waals surface area contributed by atoms with Gasteiger partial charge in [0, 0.05) is 12.3 Å². The molecule has 2 saturated heterocycles. The van der Waals surface area contributed by atoms with E-state index in [1.807, 2.05) is 0 Å². The second-order valence-corrected chi connectivity index (χ2v) is 9.96. The van der Waals surface area contributed by atoms with Crippen molar-refractivity contribution in [1.82, 2.24) is 0 Å². The molecule has 4 fully saturated rings. The van der Waals surface area contributed by atoms with Crippen molar-refractivity contribution in [2.75, 3.05) is 6.61 Å². The van der Waals surface area contributed by atoms with Gasteiger partial charge in [-0.05, 0) is 61.7 Å². The van der Waals surface area contributed by atoms with Crippen LogP contribution < -0.4 is 0 Å². The van der Waals surface area contributed by atoms with Crippen LogP contribution in [0.2, 0.25) is 0 Å². The van der Waals surface area contributed by atoms with Gasteiger partial charge in [0.25, 0.3) is 0 Å². The van der Waals surface area contributed by atoms with Crippen LogP contribution in [0.4, 0.5) is 0 Å². The highest BCUT2D eigenvalue weighted by Gasteiger charge is 2.67. The van der Waals surface area contributed by atoms with E-state index in [1.165, 1.54) is 32.1 Å². The van der Waals surface area contributed by atoms with E-state index in [1.54, 1.807) is 0 Å². The van der Waals surface area contributed by atoms with Gasteiger partial charge in [-0.1, -0.05) is 34.1 Å². The third-order valence-electron chi connectivity index (χ3n) is 8.28. The van der Waals surface area contributed by atoms with E-state index in [0.717, 1.165) is 25.4 Å². The van der Waals surface area contributed by atoms with E-state index < -0.39 is 0 Å². The van der Waals surface area contributed by atoms with Gasteiger partial charge in [0.1, 0.15) is 0 Å². The summed E-state index contributed by atoms with van der Waals surface area (Å²) in [5.74, 6) is 1.80. The zero-order valence-electron chi connectivity index (χ0n) is 15.2. The number of fused-ring (bicyclic) bond motifs is 3. The minimum Gasteiger partial charge on any atom is -0.350 e. The van der Waals surface area contributed by atoms with Crippen LogP contribution in [0.15, 0.2) is 0 Å². The number of hydrogen-bond donors (Lipinski definition) is 0. The molecule has 4 aliphatic rings. The average Bonchev–Trinajstić information content (AvgIpc) is 2.91. The Morgan fingerprint density at radius 1 is 0.909 bits per heavy atom. The van der Waals surface area contributed by atoms with Gasteiger partial charge in [-0.15, -0.1) is 0 Å². The maximum atomic E-state index is 6.77. The first-order valence-electron chi connectivity index (χ1n) is 9.56. The maximum Gasteiger partial charge on any atom is 0.171 e. The van der Waals surface area contributed by atoms with Crippen molar-refractivity contribution in [3.8, 4) is 0 Å². The summed E-state index contributed by atoms with van der Waals surface area (Å²) in [6.45, 7) is 13.2. The van der Waals surface area contributed by atoms with Crippen LogP contribution in [0.3, 0.4) is 0 Å². The van der Waals surface area contributed by atoms with E-state index >= 15 is 0 Å². The van der Waals surface area contributed by atoms with Crippen LogP contribution >= 0.6 is 0 Å². The maximum absolute atomic E-state index is 6.77. The molecule has 1 spiro atoms. The fourth-order valence-corrected chi connectivity index (χ4v) is 7.06. The molecule has 2 heterocycles. The summed E-state index contributed by atoms with van der Waals surface area (Å²) < 4.78 is 13.0. The number of rotatable bonds is 0. The monoisotopic (exact) mass is 306 g/mol. The normalized spacial score (nSPS) is 56.9. The lowest BCUT2D eigenvalue weighted by atomic mass is 9.45. The van der Waals surface area contributed by atoms with Crippen LogP contribution in [0.25, 0.3) is 0 Å². The second-order valence-electron chi connectivity index (χ2n) is 9.96. The van der Waals surface area contributed by atoms with Gasteiger partial charge in [0.15, 0.2) is 5.79 Å². The molecule has 2 heteroatoms. The molecule has 0 radical (unpaired) electrons. The molecule has 2 aliphatic heterocycles. The van der Waals surface area contributed by atoms with E-state index in [0.29, 0.717) is 22.7 Å². The van der Waals surface area contributed by atoms with Crippen LogP contribution in [0.5, 0.6) is 0 Å². The van der Waals surface area contributed by atoms with Gasteiger partial charge in [0.2, 0.25) is 0 Å². The molecule has 2 nitrogen and oxygen atoms in total. The Kier molecular flexibility index (Phi) is 3.16. The fourth-order valence-electron chi connectivity index (χ4n) is 7.06. The molecule has 0 aromatic rings. The van der Waals surface area contributed by atoms with Gasteiger partial charge in [0.05, 0.1) is 12.2 Å². The van der Waals surface area contributed by atoms with Crippen molar-refractivity contribution in [1.29, 1.82) is 0 Å². The Balaban J connectivity index is 1.71. The lowest BCUT2D eigenvalue weighted by molar-refractivity contribution is -0.252. The van der Waals surface area contributed by atoms with E-state index in [2.05, 4.69) is 34.6 Å². The minimum absolute atomic E-state index is 0.0390. The number of ether oxygens (including phenoxy) is 2. The fraction of sp³-hybridized carbons (Fsp3) is 1.00. The zero-order valence-corrected chi connectivity index (χ0v) is 15.2. The Bertz CT molecular complexity index is 472. The minimum atomic E-state index is -0.265. The van der Waals surface area contributed by atoms with Crippen LogP contribution in [0, 0.1) is 28.6 Å². The van der Waals surface area contributed by atoms with E-state index in [4.69, 9.17) is 9.47 Å². The summed E-state index contributed by atoms with van der Waals surface area (Å²) in [7, 11) is 0. The van der Waals surface area contributed by atoms with Gasteiger partial charge < -0.3 is 9.47 Å². The zero-order chi connectivity index (χ0) is 15.8. The molecule has 2 saturated carbocycles. The quantitative estimate of drug-likeness (QED) is 0.615. The average molecular weight is 306 g/mol. The lowest BCUT2D eigenvalue weighted by Crippen LogP contribution is -2.55. The molecule has 0 N–H and O–H groups in total. The molecular formula is C20H34O2.